The summed E-state index contributed by atoms with van der Waals surface area (Å²) < 4.78 is 35.8. The van der Waals surface area contributed by atoms with Gasteiger partial charge in [-0.05, 0) is 6.07 Å². The smallest absolute Gasteiger partial charge is 0.278 e. The van der Waals surface area contributed by atoms with Crippen molar-refractivity contribution >= 4 is 11.6 Å². The van der Waals surface area contributed by atoms with Crippen molar-refractivity contribution in [3.63, 3.8) is 0 Å². The quantitative estimate of drug-likeness (QED) is 0.703. The van der Waals surface area contributed by atoms with Gasteiger partial charge in [0.2, 0.25) is 5.63 Å². The van der Waals surface area contributed by atoms with Crippen molar-refractivity contribution in [3.8, 4) is 0 Å². The van der Waals surface area contributed by atoms with E-state index in [9.17, 15) is 13.2 Å². The first-order chi connectivity index (χ1) is 5.11. The monoisotopic (exact) mass is 184 g/mol. The fraction of sp³-hybridized carbons (Fsp3) is 0.400. The van der Waals surface area contributed by atoms with Gasteiger partial charge in [-0.25, -0.2) is 13.2 Å². The van der Waals surface area contributed by atoms with E-state index in [-0.39, 0.29) is 5.69 Å². The third-order valence-electron chi connectivity index (χ3n) is 1.08. The maximum absolute atomic E-state index is 12.2. The van der Waals surface area contributed by atoms with E-state index < -0.39 is 17.8 Å². The summed E-state index contributed by atoms with van der Waals surface area (Å²) in [6.45, 7) is 0. The minimum atomic E-state index is -2.70. The Morgan fingerprint density at radius 3 is 2.36 bits per heavy atom. The first-order valence-corrected chi connectivity index (χ1v) is 3.16. The number of nitrogens with zero attached hydrogens (tertiary/aromatic N) is 1. The Balaban J connectivity index is 2.82. The predicted octanol–water partition coefficient (Wildman–Crippen LogP) is 2.55. The Bertz CT molecular complexity index is 213. The molecule has 0 saturated heterocycles. The highest BCUT2D eigenvalue weighted by atomic mass is 35.5. The van der Waals surface area contributed by atoms with E-state index >= 15 is 0 Å². The van der Waals surface area contributed by atoms with Crippen LogP contribution in [0.2, 0.25) is 0 Å². The molecule has 1 atom stereocenters. The van der Waals surface area contributed by atoms with Gasteiger partial charge in [-0.2, -0.15) is 5.10 Å². The highest BCUT2D eigenvalue weighted by Gasteiger charge is 2.14. The van der Waals surface area contributed by atoms with Gasteiger partial charge >= 0.3 is 0 Å². The van der Waals surface area contributed by atoms with Crippen LogP contribution in [0.25, 0.3) is 0 Å². The van der Waals surface area contributed by atoms with Gasteiger partial charge in [-0.1, -0.05) is 11.6 Å². The number of hydrogen-bond donors (Lipinski definition) is 1. The summed E-state index contributed by atoms with van der Waals surface area (Å²) in [6.07, 6.45) is -2.70. The molecule has 0 saturated carbocycles. The molecule has 1 aromatic heterocycles. The molecule has 0 aliphatic rings. The lowest BCUT2D eigenvalue weighted by Crippen LogP contribution is -1.81. The number of nitrogens with one attached hydrogen (secondary N) is 1. The minimum Gasteiger partial charge on any atom is -0.278 e. The highest BCUT2D eigenvalue weighted by Crippen LogP contribution is 2.23. The van der Waals surface area contributed by atoms with Crippen LogP contribution in [0.4, 0.5) is 13.2 Å². The van der Waals surface area contributed by atoms with Crippen molar-refractivity contribution in [1.82, 2.24) is 10.2 Å². The van der Waals surface area contributed by atoms with Gasteiger partial charge in [0.05, 0.1) is 5.69 Å². The molecular formula is C5H4ClF3N2. The van der Waals surface area contributed by atoms with Gasteiger partial charge in [0.25, 0.3) is 6.43 Å². The Labute approximate surface area is 65.4 Å². The van der Waals surface area contributed by atoms with Crippen molar-refractivity contribution < 1.29 is 13.2 Å². The molecule has 0 aliphatic carbocycles. The molecule has 0 aliphatic heterocycles. The topological polar surface area (TPSA) is 28.7 Å². The zero-order valence-electron chi connectivity index (χ0n) is 5.19. The molecule has 0 bridgehead atoms. The summed E-state index contributed by atoms with van der Waals surface area (Å²) >= 11 is 4.94. The highest BCUT2D eigenvalue weighted by molar-refractivity contribution is 6.19. The molecule has 62 valence electrons. The molecule has 1 heterocycles. The van der Waals surface area contributed by atoms with E-state index in [4.69, 9.17) is 11.6 Å². The molecule has 2 nitrogen and oxygen atoms in total. The molecule has 0 aromatic carbocycles. The number of halogens is 4. The van der Waals surface area contributed by atoms with E-state index in [1.807, 2.05) is 5.10 Å². The number of aromatic nitrogens is 2. The standard InChI is InChI=1S/C5H4ClF3N2/c6-4(7)2-1-3(5(8)9)11-10-2/h1,4-5H,(H,10,11). The largest absolute Gasteiger partial charge is 0.282 e. The zero-order valence-corrected chi connectivity index (χ0v) is 5.95. The average molecular weight is 185 g/mol. The normalized spacial score (nSPS) is 13.9. The van der Waals surface area contributed by atoms with Crippen LogP contribution in [0, 0.1) is 0 Å². The van der Waals surface area contributed by atoms with E-state index in [2.05, 4.69) is 5.10 Å². The van der Waals surface area contributed by atoms with Gasteiger partial charge in [-0.3, -0.25) is 5.10 Å². The number of aromatic amines is 1. The zero-order chi connectivity index (χ0) is 8.43. The fourth-order valence-electron chi connectivity index (χ4n) is 0.577. The minimum absolute atomic E-state index is 0.151. The van der Waals surface area contributed by atoms with Crippen LogP contribution in [0.15, 0.2) is 6.07 Å². The molecule has 6 heteroatoms. The fourth-order valence-corrected chi connectivity index (χ4v) is 0.688. The van der Waals surface area contributed by atoms with Gasteiger partial charge in [0.1, 0.15) is 5.69 Å². The molecule has 0 radical (unpaired) electrons. The first kappa shape index (κ1) is 8.39. The van der Waals surface area contributed by atoms with Crippen LogP contribution in [0.5, 0.6) is 0 Å². The second kappa shape index (κ2) is 3.13. The van der Waals surface area contributed by atoms with E-state index in [0.29, 0.717) is 0 Å². The van der Waals surface area contributed by atoms with Crippen LogP contribution in [-0.2, 0) is 0 Å². The molecule has 1 N–H and O–H groups in total. The first-order valence-electron chi connectivity index (χ1n) is 2.72. The van der Waals surface area contributed by atoms with Crippen LogP contribution in [-0.4, -0.2) is 10.2 Å². The van der Waals surface area contributed by atoms with Gasteiger partial charge in [0, 0.05) is 0 Å². The van der Waals surface area contributed by atoms with Crippen molar-refractivity contribution in [2.45, 2.75) is 12.1 Å². The van der Waals surface area contributed by atoms with Gasteiger partial charge in [0.15, 0.2) is 0 Å². The van der Waals surface area contributed by atoms with Crippen molar-refractivity contribution in [2.24, 2.45) is 0 Å². The summed E-state index contributed by atoms with van der Waals surface area (Å²) in [5.41, 5.74) is -2.46. The van der Waals surface area contributed by atoms with Gasteiger partial charge in [-0.15, -0.1) is 0 Å². The number of rotatable bonds is 2. The molecule has 1 aromatic rings. The van der Waals surface area contributed by atoms with Crippen LogP contribution >= 0.6 is 11.6 Å². The number of hydrogen-bond acceptors (Lipinski definition) is 1. The predicted molar refractivity (Wildman–Crippen MR) is 33.2 cm³/mol. The lowest BCUT2D eigenvalue weighted by Gasteiger charge is -1.90. The van der Waals surface area contributed by atoms with Gasteiger partial charge < -0.3 is 0 Å². The molecular weight excluding hydrogens is 181 g/mol. The molecule has 11 heavy (non-hydrogen) atoms. The van der Waals surface area contributed by atoms with Crippen LogP contribution < -0.4 is 0 Å². The number of alkyl halides is 4. The average Bonchev–Trinajstić information content (AvgIpc) is 2.33. The van der Waals surface area contributed by atoms with Crippen LogP contribution in [0.3, 0.4) is 0 Å². The Hall–Kier alpha value is -0.710. The van der Waals surface area contributed by atoms with Crippen molar-refractivity contribution in [3.05, 3.63) is 17.5 Å². The maximum Gasteiger partial charge on any atom is 0.282 e. The molecule has 0 fully saturated rings. The summed E-state index contributed by atoms with van der Waals surface area (Å²) in [4.78, 5) is 0. The second-order valence-corrected chi connectivity index (χ2v) is 2.23. The molecule has 0 amide bonds. The summed E-state index contributed by atoms with van der Waals surface area (Å²) in [7, 11) is 0. The summed E-state index contributed by atoms with van der Waals surface area (Å²) in [6, 6.07) is 0.891. The Kier molecular flexibility index (Phi) is 2.38. The molecule has 1 unspecified atom stereocenters. The number of H-pyrrole nitrogens is 1. The van der Waals surface area contributed by atoms with Crippen molar-refractivity contribution in [1.29, 1.82) is 0 Å². The Morgan fingerprint density at radius 2 is 2.09 bits per heavy atom. The lowest BCUT2D eigenvalue weighted by atomic mass is 10.4. The van der Waals surface area contributed by atoms with E-state index in [1.54, 1.807) is 0 Å². The Morgan fingerprint density at radius 1 is 1.45 bits per heavy atom. The third-order valence-corrected chi connectivity index (χ3v) is 1.31. The molecule has 0 spiro atoms. The maximum atomic E-state index is 12.2. The third kappa shape index (κ3) is 1.86. The molecule has 1 rings (SSSR count). The summed E-state index contributed by atoms with van der Waals surface area (Å²) in [5, 5.41) is 5.19. The second-order valence-electron chi connectivity index (χ2n) is 1.85. The van der Waals surface area contributed by atoms with Crippen molar-refractivity contribution in [2.75, 3.05) is 0 Å². The SMILES string of the molecule is FC(F)c1cc(C(F)Cl)[nH]n1. The van der Waals surface area contributed by atoms with Crippen LogP contribution in [0.1, 0.15) is 23.4 Å². The lowest BCUT2D eigenvalue weighted by molar-refractivity contribution is 0.146. The van der Waals surface area contributed by atoms with E-state index in [0.717, 1.165) is 6.07 Å². The summed E-state index contributed by atoms with van der Waals surface area (Å²) in [5.74, 6) is 0. The van der Waals surface area contributed by atoms with E-state index in [1.165, 1.54) is 0 Å².